The van der Waals surface area contributed by atoms with Crippen LogP contribution in [-0.2, 0) is 11.0 Å². The second-order valence-corrected chi connectivity index (χ2v) is 2.93. The molecule has 0 heterocycles. The predicted molar refractivity (Wildman–Crippen MR) is 49.7 cm³/mol. The molecule has 0 N–H and O–H groups in total. The van der Waals surface area contributed by atoms with Crippen LogP contribution in [0.25, 0.3) is 5.57 Å². The van der Waals surface area contributed by atoms with E-state index in [1.165, 1.54) is 18.1 Å². The molecule has 1 rings (SSSR count). The van der Waals surface area contributed by atoms with Crippen LogP contribution in [-0.4, -0.2) is 5.94 Å². The monoisotopic (exact) mass is 212 g/mol. The first-order valence-corrected chi connectivity index (χ1v) is 4.09. The quantitative estimate of drug-likeness (QED) is 0.516. The fourth-order valence-electron chi connectivity index (χ4n) is 1.06. The minimum absolute atomic E-state index is 0.457. The summed E-state index contributed by atoms with van der Waals surface area (Å²) in [4.78, 5) is 9.98. The van der Waals surface area contributed by atoms with Crippen molar-refractivity contribution in [1.29, 1.82) is 0 Å². The van der Waals surface area contributed by atoms with Gasteiger partial charge in [-0.15, -0.1) is 0 Å². The summed E-state index contributed by atoms with van der Waals surface area (Å²) in [6, 6.07) is 4.52. The second kappa shape index (κ2) is 4.18. The van der Waals surface area contributed by atoms with Crippen molar-refractivity contribution in [2.45, 2.75) is 13.1 Å². The van der Waals surface area contributed by atoms with Crippen LogP contribution >= 0.6 is 0 Å². The van der Waals surface area contributed by atoms with Gasteiger partial charge >= 0.3 is 6.18 Å². The Labute approximate surface area is 84.5 Å². The third kappa shape index (κ3) is 2.84. The van der Waals surface area contributed by atoms with E-state index in [4.69, 9.17) is 0 Å². The van der Waals surface area contributed by atoms with E-state index in [0.29, 0.717) is 11.1 Å². The Morgan fingerprint density at radius 1 is 1.20 bits per heavy atom. The third-order valence-electron chi connectivity index (χ3n) is 1.88. The lowest BCUT2D eigenvalue weighted by Gasteiger charge is -2.06. The first-order valence-electron chi connectivity index (χ1n) is 4.09. The topological polar surface area (TPSA) is 17.1 Å². The summed E-state index contributed by atoms with van der Waals surface area (Å²) in [6.07, 6.45) is -4.34. The van der Waals surface area contributed by atoms with Crippen LogP contribution < -0.4 is 0 Å². The van der Waals surface area contributed by atoms with Gasteiger partial charge in [0.2, 0.25) is 0 Å². The molecule has 0 radical (unpaired) electrons. The van der Waals surface area contributed by atoms with Gasteiger partial charge in [-0.2, -0.15) is 13.2 Å². The number of halogens is 3. The fraction of sp³-hybridized carbons (Fsp3) is 0.182. The molecule has 0 bridgehead atoms. The standard InChI is InChI=1S/C11H7F3O/c1-8(6-7-15)9-2-4-10(5-3-9)11(12,13)14/h2-5H,1H3. The highest BCUT2D eigenvalue weighted by molar-refractivity contribution is 5.69. The van der Waals surface area contributed by atoms with Gasteiger partial charge in [-0.25, -0.2) is 4.79 Å². The maximum Gasteiger partial charge on any atom is 0.416 e. The smallest absolute Gasteiger partial charge is 0.224 e. The second-order valence-electron chi connectivity index (χ2n) is 2.93. The summed E-state index contributed by atoms with van der Waals surface area (Å²) in [5, 5.41) is 0. The molecule has 0 saturated carbocycles. The lowest BCUT2D eigenvalue weighted by Crippen LogP contribution is -2.04. The molecule has 0 atom stereocenters. The molecule has 0 aliphatic carbocycles. The molecule has 1 nitrogen and oxygen atoms in total. The summed E-state index contributed by atoms with van der Waals surface area (Å²) >= 11 is 0. The Kier molecular flexibility index (Phi) is 3.15. The molecule has 0 aromatic heterocycles. The summed E-state index contributed by atoms with van der Waals surface area (Å²) in [6.45, 7) is 1.58. The van der Waals surface area contributed by atoms with E-state index in [1.54, 1.807) is 6.92 Å². The van der Waals surface area contributed by atoms with Crippen molar-refractivity contribution in [3.63, 3.8) is 0 Å². The van der Waals surface area contributed by atoms with Crippen molar-refractivity contribution >= 4 is 11.5 Å². The third-order valence-corrected chi connectivity index (χ3v) is 1.88. The van der Waals surface area contributed by atoms with E-state index >= 15 is 0 Å². The van der Waals surface area contributed by atoms with Crippen LogP contribution in [0.4, 0.5) is 13.2 Å². The molecule has 0 aliphatic rings. The molecule has 1 aromatic carbocycles. The van der Waals surface area contributed by atoms with E-state index in [0.717, 1.165) is 12.1 Å². The normalized spacial score (nSPS) is 10.4. The fourth-order valence-corrected chi connectivity index (χ4v) is 1.06. The highest BCUT2D eigenvalue weighted by Crippen LogP contribution is 2.29. The zero-order chi connectivity index (χ0) is 11.5. The highest BCUT2D eigenvalue weighted by atomic mass is 19.4. The van der Waals surface area contributed by atoms with Crippen LogP contribution in [0.15, 0.2) is 30.0 Å². The molecule has 0 spiro atoms. The maximum absolute atomic E-state index is 12.2. The average molecular weight is 212 g/mol. The predicted octanol–water partition coefficient (Wildman–Crippen LogP) is 3.10. The summed E-state index contributed by atoms with van der Waals surface area (Å²) in [5.41, 5.74) is 2.51. The zero-order valence-electron chi connectivity index (χ0n) is 7.85. The van der Waals surface area contributed by atoms with Gasteiger partial charge in [0.15, 0.2) is 5.94 Å². The van der Waals surface area contributed by atoms with Crippen molar-refractivity contribution in [3.8, 4) is 0 Å². The lowest BCUT2D eigenvalue weighted by atomic mass is 10.1. The van der Waals surface area contributed by atoms with Gasteiger partial charge in [0, 0.05) is 5.57 Å². The van der Waals surface area contributed by atoms with Gasteiger partial charge < -0.3 is 0 Å². The molecular weight excluding hydrogens is 205 g/mol. The minimum atomic E-state index is -4.34. The van der Waals surface area contributed by atoms with Crippen molar-refractivity contribution in [1.82, 2.24) is 0 Å². The summed E-state index contributed by atoms with van der Waals surface area (Å²) in [7, 11) is 0. The van der Waals surface area contributed by atoms with Gasteiger partial charge in [0.25, 0.3) is 0 Å². The van der Waals surface area contributed by atoms with E-state index in [1.807, 2.05) is 0 Å². The largest absolute Gasteiger partial charge is 0.416 e. The van der Waals surface area contributed by atoms with Gasteiger partial charge in [0.05, 0.1) is 5.56 Å². The number of rotatable bonds is 1. The number of carbonyl (C=O) groups excluding carboxylic acids is 1. The molecule has 1 aromatic rings. The van der Waals surface area contributed by atoms with Crippen LogP contribution in [0.3, 0.4) is 0 Å². The van der Waals surface area contributed by atoms with Gasteiger partial charge in [0.1, 0.15) is 0 Å². The molecule has 0 fully saturated rings. The summed E-state index contributed by atoms with van der Waals surface area (Å²) < 4.78 is 36.6. The zero-order valence-corrected chi connectivity index (χ0v) is 7.85. The van der Waals surface area contributed by atoms with Crippen molar-refractivity contribution in [2.24, 2.45) is 0 Å². The Morgan fingerprint density at radius 3 is 2.13 bits per heavy atom. The Morgan fingerprint density at radius 2 is 1.73 bits per heavy atom. The van der Waals surface area contributed by atoms with Gasteiger partial charge in [-0.1, -0.05) is 12.1 Å². The first kappa shape index (κ1) is 11.3. The lowest BCUT2D eigenvalue weighted by molar-refractivity contribution is -0.137. The number of allylic oxidation sites excluding steroid dienone is 1. The number of hydrogen-bond acceptors (Lipinski definition) is 1. The van der Waals surface area contributed by atoms with E-state index in [2.05, 4.69) is 5.73 Å². The molecular formula is C11H7F3O. The van der Waals surface area contributed by atoms with Crippen LogP contribution in [0, 0.1) is 0 Å². The van der Waals surface area contributed by atoms with Crippen LogP contribution in [0.1, 0.15) is 18.1 Å². The first-order chi connectivity index (χ1) is 6.95. The molecule has 0 saturated heterocycles. The Bertz CT molecular complexity index is 430. The highest BCUT2D eigenvalue weighted by Gasteiger charge is 2.29. The minimum Gasteiger partial charge on any atom is -0.224 e. The van der Waals surface area contributed by atoms with E-state index in [-0.39, 0.29) is 0 Å². The van der Waals surface area contributed by atoms with Gasteiger partial charge in [-0.05, 0) is 30.4 Å². The maximum atomic E-state index is 12.2. The van der Waals surface area contributed by atoms with Crippen molar-refractivity contribution < 1.29 is 18.0 Å². The average Bonchev–Trinajstić information content (AvgIpc) is 2.17. The van der Waals surface area contributed by atoms with Crippen molar-refractivity contribution in [2.75, 3.05) is 0 Å². The molecule has 0 amide bonds. The van der Waals surface area contributed by atoms with Gasteiger partial charge in [-0.3, -0.25) is 0 Å². The molecule has 4 heteroatoms. The number of hydrogen-bond donors (Lipinski definition) is 0. The molecule has 0 unspecified atom stereocenters. The molecule has 0 aliphatic heterocycles. The van der Waals surface area contributed by atoms with Crippen LogP contribution in [0.2, 0.25) is 0 Å². The van der Waals surface area contributed by atoms with E-state index in [9.17, 15) is 18.0 Å². The number of benzene rings is 1. The van der Waals surface area contributed by atoms with E-state index < -0.39 is 11.7 Å². The number of alkyl halides is 3. The summed E-state index contributed by atoms with van der Waals surface area (Å²) in [5.74, 6) is 1.45. The molecule has 15 heavy (non-hydrogen) atoms. The SMILES string of the molecule is CC(=C=C=O)c1ccc(C(F)(F)F)cc1. The Balaban J connectivity index is 3.11. The van der Waals surface area contributed by atoms with Crippen molar-refractivity contribution in [3.05, 3.63) is 41.1 Å². The Hall–Kier alpha value is -1.76. The van der Waals surface area contributed by atoms with Crippen LogP contribution in [0.5, 0.6) is 0 Å². The molecule has 78 valence electrons.